The number of carbonyl (C=O) groups excluding carboxylic acids is 1. The molecule has 174 valence electrons. The molecule has 0 saturated carbocycles. The number of ether oxygens (including phenoxy) is 4. The number of carbonyl (C=O) groups is 1. The minimum Gasteiger partial charge on any atom is -0.496 e. The molecular formula is C22H28N2O7S. The van der Waals surface area contributed by atoms with Crippen LogP contribution >= 0.6 is 0 Å². The largest absolute Gasteiger partial charge is 0.496 e. The van der Waals surface area contributed by atoms with Gasteiger partial charge in [-0.25, -0.2) is 0 Å². The van der Waals surface area contributed by atoms with Crippen molar-refractivity contribution in [1.29, 1.82) is 0 Å². The molecule has 1 amide bonds. The van der Waals surface area contributed by atoms with E-state index in [2.05, 4.69) is 5.32 Å². The van der Waals surface area contributed by atoms with E-state index in [0.717, 1.165) is 5.56 Å². The van der Waals surface area contributed by atoms with Crippen molar-refractivity contribution in [3.63, 3.8) is 0 Å². The first-order chi connectivity index (χ1) is 15.4. The zero-order valence-corrected chi connectivity index (χ0v) is 19.2. The molecule has 9 nitrogen and oxygen atoms in total. The van der Waals surface area contributed by atoms with Crippen LogP contribution in [0.15, 0.2) is 35.7 Å². The minimum absolute atomic E-state index is 0.205. The second kappa shape index (κ2) is 12.0. The summed E-state index contributed by atoms with van der Waals surface area (Å²) in [4.78, 5) is 11.4. The molecule has 0 spiro atoms. The predicted molar refractivity (Wildman–Crippen MR) is 124 cm³/mol. The Bertz CT molecular complexity index is 969. The number of nitrogens with two attached hydrogens (primary N) is 1. The maximum absolute atomic E-state index is 12.7. The van der Waals surface area contributed by atoms with E-state index in [-0.39, 0.29) is 5.75 Å². The van der Waals surface area contributed by atoms with Crippen LogP contribution in [0, 0.1) is 0 Å². The van der Waals surface area contributed by atoms with Gasteiger partial charge in [-0.1, -0.05) is 6.07 Å². The highest BCUT2D eigenvalue weighted by molar-refractivity contribution is 7.87. The number of nitrogens with one attached hydrogen (secondary N) is 1. The molecule has 32 heavy (non-hydrogen) atoms. The van der Waals surface area contributed by atoms with E-state index < -0.39 is 29.4 Å². The Labute approximate surface area is 189 Å². The lowest BCUT2D eigenvalue weighted by molar-refractivity contribution is -0.119. The number of amides is 1. The Kier molecular flexibility index (Phi) is 9.36. The van der Waals surface area contributed by atoms with Gasteiger partial charge in [-0.2, -0.15) is 0 Å². The Morgan fingerprint density at radius 2 is 1.69 bits per heavy atom. The average molecular weight is 465 g/mol. The van der Waals surface area contributed by atoms with Crippen LogP contribution in [0.25, 0.3) is 6.08 Å². The predicted octanol–water partition coefficient (Wildman–Crippen LogP) is 1.90. The fraction of sp³-hybridized carbons (Fsp3) is 0.318. The maximum Gasteiger partial charge on any atom is 0.242 e. The van der Waals surface area contributed by atoms with Crippen molar-refractivity contribution in [1.82, 2.24) is 0 Å². The van der Waals surface area contributed by atoms with Crippen molar-refractivity contribution in [3.8, 4) is 23.0 Å². The molecule has 4 N–H and O–H groups in total. The van der Waals surface area contributed by atoms with Gasteiger partial charge in [0, 0.05) is 17.5 Å². The van der Waals surface area contributed by atoms with Gasteiger partial charge in [0.1, 0.15) is 29.0 Å². The van der Waals surface area contributed by atoms with Gasteiger partial charge >= 0.3 is 0 Å². The van der Waals surface area contributed by atoms with Gasteiger partial charge in [-0.3, -0.25) is 9.00 Å². The smallest absolute Gasteiger partial charge is 0.242 e. The van der Waals surface area contributed by atoms with Gasteiger partial charge in [-0.05, 0) is 23.8 Å². The monoisotopic (exact) mass is 464 g/mol. The standard InChI is InChI=1S/C22H28N2O7S/c1-28-15-10-20(30-3)16(21(11-15)31-4)7-8-32(27)13-14-5-6-19(29-2)17(9-14)24-18(12-25)22(23)26/h5-11,18,24-25H,12-13H2,1-4H3,(H2,23,26)/b8-7+/t18-,32?/m0/s1. The van der Waals surface area contributed by atoms with E-state index in [1.54, 1.807) is 48.9 Å². The number of aliphatic hydroxyl groups is 1. The molecule has 0 heterocycles. The third-order valence-corrected chi connectivity index (χ3v) is 5.63. The molecular weight excluding hydrogens is 436 g/mol. The zero-order chi connectivity index (χ0) is 23.7. The Balaban J connectivity index is 2.24. The molecule has 2 aromatic rings. The highest BCUT2D eigenvalue weighted by Crippen LogP contribution is 2.35. The van der Waals surface area contributed by atoms with E-state index in [0.29, 0.717) is 34.2 Å². The summed E-state index contributed by atoms with van der Waals surface area (Å²) in [6.07, 6.45) is 1.67. The molecule has 0 aliphatic carbocycles. The summed E-state index contributed by atoms with van der Waals surface area (Å²) >= 11 is 0. The second-order valence-corrected chi connectivity index (χ2v) is 7.91. The Morgan fingerprint density at radius 1 is 1.06 bits per heavy atom. The number of rotatable bonds is 12. The van der Waals surface area contributed by atoms with Crippen molar-refractivity contribution in [2.45, 2.75) is 11.8 Å². The number of primary amides is 1. The van der Waals surface area contributed by atoms with Crippen molar-refractivity contribution >= 4 is 28.5 Å². The van der Waals surface area contributed by atoms with Gasteiger partial charge in [0.15, 0.2) is 0 Å². The first-order valence-corrected chi connectivity index (χ1v) is 10.9. The highest BCUT2D eigenvalue weighted by atomic mass is 32.2. The minimum atomic E-state index is -1.37. The number of methoxy groups -OCH3 is 4. The molecule has 0 saturated heterocycles. The third kappa shape index (κ3) is 6.38. The van der Waals surface area contributed by atoms with Gasteiger partial charge < -0.3 is 35.1 Å². The van der Waals surface area contributed by atoms with Crippen molar-refractivity contribution in [2.24, 2.45) is 5.73 Å². The van der Waals surface area contributed by atoms with Gasteiger partial charge in [0.05, 0.1) is 62.8 Å². The summed E-state index contributed by atoms with van der Waals surface area (Å²) in [7, 11) is 4.71. The van der Waals surface area contributed by atoms with Gasteiger partial charge in [0.2, 0.25) is 5.91 Å². The summed E-state index contributed by atoms with van der Waals surface area (Å²) in [5, 5.41) is 13.7. The quantitative estimate of drug-likeness (QED) is 0.434. The molecule has 0 aliphatic rings. The zero-order valence-electron chi connectivity index (χ0n) is 18.4. The summed E-state index contributed by atoms with van der Waals surface area (Å²) < 4.78 is 34.0. The molecule has 0 aliphatic heterocycles. The lowest BCUT2D eigenvalue weighted by Gasteiger charge is -2.17. The lowest BCUT2D eigenvalue weighted by atomic mass is 10.1. The molecule has 2 atom stereocenters. The molecule has 2 rings (SSSR count). The summed E-state index contributed by atoms with van der Waals surface area (Å²) in [5.74, 6) is 1.58. The number of anilines is 1. The molecule has 0 radical (unpaired) electrons. The van der Waals surface area contributed by atoms with E-state index in [1.807, 2.05) is 0 Å². The molecule has 10 heteroatoms. The van der Waals surface area contributed by atoms with Gasteiger partial charge in [-0.15, -0.1) is 0 Å². The van der Waals surface area contributed by atoms with Gasteiger partial charge in [0.25, 0.3) is 0 Å². The van der Waals surface area contributed by atoms with Crippen LogP contribution in [-0.4, -0.2) is 56.3 Å². The second-order valence-electron chi connectivity index (χ2n) is 6.59. The van der Waals surface area contributed by atoms with Crippen LogP contribution in [0.4, 0.5) is 5.69 Å². The number of benzene rings is 2. The maximum atomic E-state index is 12.7. The number of hydrogen-bond donors (Lipinski definition) is 3. The van der Waals surface area contributed by atoms with E-state index in [1.165, 1.54) is 21.3 Å². The van der Waals surface area contributed by atoms with E-state index >= 15 is 0 Å². The summed E-state index contributed by atoms with van der Waals surface area (Å²) in [5.41, 5.74) is 7.10. The lowest BCUT2D eigenvalue weighted by Crippen LogP contribution is -2.38. The highest BCUT2D eigenvalue weighted by Gasteiger charge is 2.17. The van der Waals surface area contributed by atoms with Crippen LogP contribution in [0.1, 0.15) is 11.1 Å². The molecule has 0 aromatic heterocycles. The first-order valence-electron chi connectivity index (χ1n) is 9.55. The SMILES string of the molecule is COc1cc(OC)c(/C=C/S(=O)Cc2ccc(OC)c(N[C@@H](CO)C(N)=O)c2)c(OC)c1. The van der Waals surface area contributed by atoms with Crippen LogP contribution < -0.4 is 30.0 Å². The van der Waals surface area contributed by atoms with Crippen LogP contribution in [-0.2, 0) is 21.3 Å². The Morgan fingerprint density at radius 3 is 2.19 bits per heavy atom. The fourth-order valence-electron chi connectivity index (χ4n) is 2.91. The summed E-state index contributed by atoms with van der Waals surface area (Å²) in [6, 6.07) is 7.60. The third-order valence-electron chi connectivity index (χ3n) is 4.57. The normalized spacial score (nSPS) is 12.8. The van der Waals surface area contributed by atoms with Crippen molar-refractivity contribution in [2.75, 3.05) is 40.4 Å². The average Bonchev–Trinajstić information content (AvgIpc) is 2.80. The molecule has 0 bridgehead atoms. The number of aliphatic hydroxyl groups excluding tert-OH is 1. The number of hydrogen-bond acceptors (Lipinski definition) is 8. The molecule has 0 fully saturated rings. The van der Waals surface area contributed by atoms with Crippen LogP contribution in [0.3, 0.4) is 0 Å². The van der Waals surface area contributed by atoms with Crippen LogP contribution in [0.5, 0.6) is 23.0 Å². The molecule has 2 aromatic carbocycles. The van der Waals surface area contributed by atoms with E-state index in [4.69, 9.17) is 24.7 Å². The molecule has 1 unspecified atom stereocenters. The fourth-order valence-corrected chi connectivity index (χ4v) is 3.80. The summed E-state index contributed by atoms with van der Waals surface area (Å²) in [6.45, 7) is -0.469. The van der Waals surface area contributed by atoms with E-state index in [9.17, 15) is 14.1 Å². The van der Waals surface area contributed by atoms with Crippen LogP contribution in [0.2, 0.25) is 0 Å². The van der Waals surface area contributed by atoms with Crippen molar-refractivity contribution < 1.29 is 33.1 Å². The topological polar surface area (TPSA) is 129 Å². The first kappa shape index (κ1) is 25.0. The Hall–Kier alpha value is -3.24. The van der Waals surface area contributed by atoms with Crippen molar-refractivity contribution in [3.05, 3.63) is 46.9 Å².